The van der Waals surface area contributed by atoms with Gasteiger partial charge in [-0.2, -0.15) is 10.2 Å². The van der Waals surface area contributed by atoms with Crippen LogP contribution < -0.4 is 0 Å². The molecule has 0 aliphatic heterocycles. The first-order chi connectivity index (χ1) is 7.00. The highest BCUT2D eigenvalue weighted by molar-refractivity contribution is 5.74. The normalized spacial score (nSPS) is 11.6. The van der Waals surface area contributed by atoms with E-state index in [0.717, 1.165) is 5.52 Å². The quantitative estimate of drug-likeness (QED) is 0.656. The first-order valence-corrected chi connectivity index (χ1v) is 4.82. The Bertz CT molecular complexity index is 541. The van der Waals surface area contributed by atoms with Gasteiger partial charge < -0.3 is 4.42 Å². The van der Waals surface area contributed by atoms with E-state index in [1.165, 1.54) is 5.56 Å². The van der Waals surface area contributed by atoms with Gasteiger partial charge in [-0.05, 0) is 23.1 Å². The Morgan fingerprint density at radius 3 is 2.67 bits per heavy atom. The first-order valence-electron chi connectivity index (χ1n) is 4.82. The third kappa shape index (κ3) is 1.71. The van der Waals surface area contributed by atoms with Crippen LogP contribution in [-0.2, 0) is 5.41 Å². The zero-order chi connectivity index (χ0) is 11.1. The smallest absolute Gasteiger partial charge is 0.301 e. The summed E-state index contributed by atoms with van der Waals surface area (Å²) in [7, 11) is 0. The van der Waals surface area contributed by atoms with E-state index in [1.54, 1.807) is 0 Å². The van der Waals surface area contributed by atoms with Gasteiger partial charge in [-0.1, -0.05) is 26.8 Å². The summed E-state index contributed by atoms with van der Waals surface area (Å²) in [6.45, 7) is 6.42. The second-order valence-corrected chi connectivity index (χ2v) is 4.56. The standard InChI is InChI=1S/C12H12N2O/c1-12(2,3)8-4-5-10-9(6-8)14-11(7-13)15-10/h4-6H,1-3H3. The lowest BCUT2D eigenvalue weighted by Crippen LogP contribution is -2.10. The average molecular weight is 200 g/mol. The fraction of sp³-hybridized carbons (Fsp3) is 0.333. The summed E-state index contributed by atoms with van der Waals surface area (Å²) in [4.78, 5) is 4.08. The maximum atomic E-state index is 8.66. The molecule has 0 spiro atoms. The predicted octanol–water partition coefficient (Wildman–Crippen LogP) is 3.00. The Kier molecular flexibility index (Phi) is 2.01. The van der Waals surface area contributed by atoms with Gasteiger partial charge in [0.25, 0.3) is 0 Å². The number of hydrogen-bond acceptors (Lipinski definition) is 3. The number of fused-ring (bicyclic) bond motifs is 1. The molecule has 0 atom stereocenters. The Labute approximate surface area is 88.3 Å². The molecule has 0 fully saturated rings. The van der Waals surface area contributed by atoms with Crippen LogP contribution in [-0.4, -0.2) is 4.98 Å². The molecule has 0 amide bonds. The van der Waals surface area contributed by atoms with E-state index in [2.05, 4.69) is 25.8 Å². The van der Waals surface area contributed by atoms with Gasteiger partial charge in [0, 0.05) is 0 Å². The van der Waals surface area contributed by atoms with Crippen molar-refractivity contribution in [3.8, 4) is 6.07 Å². The van der Waals surface area contributed by atoms with Gasteiger partial charge in [0.1, 0.15) is 5.52 Å². The van der Waals surface area contributed by atoms with Crippen molar-refractivity contribution in [1.82, 2.24) is 4.98 Å². The van der Waals surface area contributed by atoms with Crippen LogP contribution in [0.1, 0.15) is 32.2 Å². The van der Waals surface area contributed by atoms with Crippen molar-refractivity contribution >= 4 is 11.1 Å². The second kappa shape index (κ2) is 3.09. The number of benzene rings is 1. The highest BCUT2D eigenvalue weighted by Crippen LogP contribution is 2.26. The molecule has 2 rings (SSSR count). The summed E-state index contributed by atoms with van der Waals surface area (Å²) in [5.74, 6) is 0.121. The summed E-state index contributed by atoms with van der Waals surface area (Å²) in [5, 5.41) is 8.66. The van der Waals surface area contributed by atoms with Gasteiger partial charge >= 0.3 is 5.89 Å². The second-order valence-electron chi connectivity index (χ2n) is 4.56. The van der Waals surface area contributed by atoms with Gasteiger partial charge in [-0.3, -0.25) is 0 Å². The molecule has 0 saturated carbocycles. The van der Waals surface area contributed by atoms with Crippen LogP contribution >= 0.6 is 0 Å². The molecule has 3 nitrogen and oxygen atoms in total. The number of oxazole rings is 1. The van der Waals surface area contributed by atoms with Gasteiger partial charge in [-0.25, -0.2) is 0 Å². The molecule has 15 heavy (non-hydrogen) atoms. The Morgan fingerprint density at radius 2 is 2.07 bits per heavy atom. The fourth-order valence-corrected chi connectivity index (χ4v) is 1.44. The number of nitriles is 1. The zero-order valence-electron chi connectivity index (χ0n) is 9.03. The minimum absolute atomic E-state index is 0.0833. The summed E-state index contributed by atoms with van der Waals surface area (Å²) in [5.41, 5.74) is 2.69. The average Bonchev–Trinajstić information content (AvgIpc) is 2.57. The van der Waals surface area contributed by atoms with Gasteiger partial charge in [-0.15, -0.1) is 0 Å². The van der Waals surface area contributed by atoms with E-state index < -0.39 is 0 Å². The van der Waals surface area contributed by atoms with Crippen LogP contribution in [0, 0.1) is 11.3 Å². The molecule has 1 aromatic carbocycles. The van der Waals surface area contributed by atoms with Crippen LogP contribution in [0.25, 0.3) is 11.1 Å². The predicted molar refractivity (Wildman–Crippen MR) is 57.4 cm³/mol. The highest BCUT2D eigenvalue weighted by atomic mass is 16.3. The Balaban J connectivity index is 2.62. The molecule has 0 bridgehead atoms. The molecule has 0 unspecified atom stereocenters. The maximum absolute atomic E-state index is 8.66. The van der Waals surface area contributed by atoms with E-state index in [4.69, 9.17) is 9.68 Å². The summed E-state index contributed by atoms with van der Waals surface area (Å²) < 4.78 is 5.21. The van der Waals surface area contributed by atoms with Crippen molar-refractivity contribution < 1.29 is 4.42 Å². The lowest BCUT2D eigenvalue weighted by atomic mass is 9.87. The Morgan fingerprint density at radius 1 is 1.33 bits per heavy atom. The highest BCUT2D eigenvalue weighted by Gasteiger charge is 2.15. The van der Waals surface area contributed by atoms with Crippen LogP contribution in [0.15, 0.2) is 22.6 Å². The molecular weight excluding hydrogens is 188 g/mol. The molecule has 1 heterocycles. The van der Waals surface area contributed by atoms with Crippen LogP contribution in [0.2, 0.25) is 0 Å². The number of aromatic nitrogens is 1. The van der Waals surface area contributed by atoms with E-state index in [9.17, 15) is 0 Å². The van der Waals surface area contributed by atoms with E-state index in [1.807, 2.05) is 24.3 Å². The van der Waals surface area contributed by atoms with Gasteiger partial charge in [0.2, 0.25) is 0 Å². The number of hydrogen-bond donors (Lipinski definition) is 0. The molecule has 0 aliphatic carbocycles. The third-order valence-corrected chi connectivity index (χ3v) is 2.35. The molecule has 0 saturated heterocycles. The lowest BCUT2D eigenvalue weighted by Gasteiger charge is -2.18. The monoisotopic (exact) mass is 200 g/mol. The van der Waals surface area contributed by atoms with Gasteiger partial charge in [0.15, 0.2) is 11.7 Å². The maximum Gasteiger partial charge on any atom is 0.301 e. The number of nitrogens with zero attached hydrogens (tertiary/aromatic N) is 2. The minimum atomic E-state index is 0.0833. The molecular formula is C12H12N2O. The van der Waals surface area contributed by atoms with E-state index >= 15 is 0 Å². The van der Waals surface area contributed by atoms with Crippen molar-refractivity contribution in [2.75, 3.05) is 0 Å². The number of rotatable bonds is 0. The van der Waals surface area contributed by atoms with Crippen molar-refractivity contribution in [2.24, 2.45) is 0 Å². The topological polar surface area (TPSA) is 49.8 Å². The minimum Gasteiger partial charge on any atom is -0.428 e. The van der Waals surface area contributed by atoms with Crippen LogP contribution in [0.5, 0.6) is 0 Å². The largest absolute Gasteiger partial charge is 0.428 e. The van der Waals surface area contributed by atoms with Crippen LogP contribution in [0.4, 0.5) is 0 Å². The van der Waals surface area contributed by atoms with E-state index in [0.29, 0.717) is 5.58 Å². The molecule has 2 aromatic rings. The first kappa shape index (κ1) is 9.72. The van der Waals surface area contributed by atoms with Crippen molar-refractivity contribution in [3.63, 3.8) is 0 Å². The summed E-state index contributed by atoms with van der Waals surface area (Å²) in [6.07, 6.45) is 0. The fourth-order valence-electron chi connectivity index (χ4n) is 1.44. The summed E-state index contributed by atoms with van der Waals surface area (Å²) in [6, 6.07) is 7.74. The van der Waals surface area contributed by atoms with Crippen LogP contribution in [0.3, 0.4) is 0 Å². The van der Waals surface area contributed by atoms with E-state index in [-0.39, 0.29) is 11.3 Å². The van der Waals surface area contributed by atoms with Crippen molar-refractivity contribution in [2.45, 2.75) is 26.2 Å². The zero-order valence-corrected chi connectivity index (χ0v) is 9.03. The lowest BCUT2D eigenvalue weighted by molar-refractivity contribution is 0.581. The third-order valence-electron chi connectivity index (χ3n) is 2.35. The molecule has 76 valence electrons. The van der Waals surface area contributed by atoms with Gasteiger partial charge in [0.05, 0.1) is 0 Å². The molecule has 0 aliphatic rings. The summed E-state index contributed by atoms with van der Waals surface area (Å²) >= 11 is 0. The molecule has 0 N–H and O–H groups in total. The van der Waals surface area contributed by atoms with Crippen molar-refractivity contribution in [1.29, 1.82) is 5.26 Å². The SMILES string of the molecule is CC(C)(C)c1ccc2oc(C#N)nc2c1. The Hall–Kier alpha value is -1.82. The molecule has 1 aromatic heterocycles. The molecule has 3 heteroatoms. The van der Waals surface area contributed by atoms with Crippen molar-refractivity contribution in [3.05, 3.63) is 29.7 Å². The molecule has 0 radical (unpaired) electrons.